The van der Waals surface area contributed by atoms with Crippen LogP contribution in [0.5, 0.6) is 0 Å². The largest absolute Gasteiger partial charge is 0.383 e. The minimum atomic E-state index is 0.541. The van der Waals surface area contributed by atoms with Crippen LogP contribution in [0.3, 0.4) is 0 Å². The summed E-state index contributed by atoms with van der Waals surface area (Å²) in [5.41, 5.74) is 8.69. The van der Waals surface area contributed by atoms with Crippen molar-refractivity contribution in [2.75, 3.05) is 5.73 Å². The van der Waals surface area contributed by atoms with Crippen LogP contribution in [0.1, 0.15) is 0 Å². The molecule has 0 aliphatic carbocycles. The Morgan fingerprint density at radius 1 is 0.905 bits per heavy atom. The molecule has 0 fully saturated rings. The molecule has 2 N–H and O–H groups in total. The molecule has 0 radical (unpaired) electrons. The predicted octanol–water partition coefficient (Wildman–Crippen LogP) is 2.16. The van der Waals surface area contributed by atoms with Gasteiger partial charge in [0.15, 0.2) is 11.5 Å². The molecule has 0 saturated carbocycles. The third kappa shape index (κ3) is 1.77. The summed E-state index contributed by atoms with van der Waals surface area (Å²) in [4.78, 5) is 0. The third-order valence-electron chi connectivity index (χ3n) is 3.36. The van der Waals surface area contributed by atoms with Gasteiger partial charge >= 0.3 is 0 Å². The second kappa shape index (κ2) is 4.45. The first kappa shape index (κ1) is 11.7. The van der Waals surface area contributed by atoms with Crippen LogP contribution in [0.15, 0.2) is 60.9 Å². The smallest absolute Gasteiger partial charge is 0.173 e. The number of benzene rings is 1. The van der Waals surface area contributed by atoms with Crippen LogP contribution in [0.25, 0.3) is 22.7 Å². The Hall–Kier alpha value is -3.15. The maximum absolute atomic E-state index is 6.24. The highest BCUT2D eigenvalue weighted by Crippen LogP contribution is 2.26. The Kier molecular flexibility index (Phi) is 2.47. The van der Waals surface area contributed by atoms with Gasteiger partial charge in [-0.3, -0.25) is 4.40 Å². The van der Waals surface area contributed by atoms with Crippen molar-refractivity contribution in [3.8, 4) is 17.1 Å². The molecule has 0 saturated heterocycles. The number of para-hydroxylation sites is 1. The fourth-order valence-corrected chi connectivity index (χ4v) is 2.33. The lowest BCUT2D eigenvalue weighted by molar-refractivity contribution is 0.891. The third-order valence-corrected chi connectivity index (χ3v) is 3.36. The number of nitrogens with zero attached hydrogens (tertiary/aromatic N) is 5. The van der Waals surface area contributed by atoms with Crippen LogP contribution in [0, 0.1) is 0 Å². The van der Waals surface area contributed by atoms with E-state index in [2.05, 4.69) is 15.3 Å². The molecule has 4 aromatic rings. The van der Waals surface area contributed by atoms with E-state index in [0.717, 1.165) is 16.9 Å². The number of nitrogens with two attached hydrogens (primary N) is 1. The van der Waals surface area contributed by atoms with Crippen LogP contribution < -0.4 is 5.73 Å². The van der Waals surface area contributed by atoms with Gasteiger partial charge in [-0.2, -0.15) is 5.10 Å². The molecule has 6 nitrogen and oxygen atoms in total. The number of nitrogen functional groups attached to an aromatic ring is 1. The summed E-state index contributed by atoms with van der Waals surface area (Å²) < 4.78 is 3.59. The molecule has 0 aliphatic heterocycles. The standard InChI is InChI=1S/C15H12N6/c16-14-12(10-17-21(14)11-6-2-1-3-7-11)15-19-18-13-8-4-5-9-20(13)15/h1-10H,16H2. The Morgan fingerprint density at radius 3 is 2.57 bits per heavy atom. The zero-order chi connectivity index (χ0) is 14.2. The molecular weight excluding hydrogens is 264 g/mol. The number of pyridine rings is 1. The van der Waals surface area contributed by atoms with Crippen molar-refractivity contribution in [1.82, 2.24) is 24.4 Å². The molecule has 1 aromatic carbocycles. The van der Waals surface area contributed by atoms with Crippen molar-refractivity contribution >= 4 is 11.5 Å². The molecule has 21 heavy (non-hydrogen) atoms. The number of aromatic nitrogens is 5. The van der Waals surface area contributed by atoms with E-state index in [-0.39, 0.29) is 0 Å². The van der Waals surface area contributed by atoms with E-state index in [4.69, 9.17) is 5.73 Å². The second-order valence-electron chi connectivity index (χ2n) is 4.64. The number of rotatable bonds is 2. The molecule has 4 rings (SSSR count). The van der Waals surface area contributed by atoms with Crippen molar-refractivity contribution < 1.29 is 0 Å². The summed E-state index contributed by atoms with van der Waals surface area (Å²) in [6.45, 7) is 0. The lowest BCUT2D eigenvalue weighted by Gasteiger charge is -2.04. The summed E-state index contributed by atoms with van der Waals surface area (Å²) in [6.07, 6.45) is 3.62. The highest BCUT2D eigenvalue weighted by atomic mass is 15.3. The molecule has 6 heteroatoms. The van der Waals surface area contributed by atoms with Crippen LogP contribution in [-0.4, -0.2) is 24.4 Å². The fraction of sp³-hybridized carbons (Fsp3) is 0. The average Bonchev–Trinajstić information content (AvgIpc) is 3.11. The average molecular weight is 276 g/mol. The molecule has 102 valence electrons. The monoisotopic (exact) mass is 276 g/mol. The molecule has 3 heterocycles. The van der Waals surface area contributed by atoms with Gasteiger partial charge in [0, 0.05) is 6.20 Å². The number of anilines is 1. The van der Waals surface area contributed by atoms with E-state index >= 15 is 0 Å². The predicted molar refractivity (Wildman–Crippen MR) is 80.0 cm³/mol. The molecule has 0 spiro atoms. The quantitative estimate of drug-likeness (QED) is 0.609. The van der Waals surface area contributed by atoms with Crippen molar-refractivity contribution in [1.29, 1.82) is 0 Å². The molecular formula is C15H12N6. The molecule has 0 amide bonds. The van der Waals surface area contributed by atoms with E-state index in [1.54, 1.807) is 10.9 Å². The first-order chi connectivity index (χ1) is 10.3. The van der Waals surface area contributed by atoms with E-state index < -0.39 is 0 Å². The van der Waals surface area contributed by atoms with Gasteiger partial charge in [0.05, 0.1) is 17.4 Å². The van der Waals surface area contributed by atoms with Gasteiger partial charge < -0.3 is 5.73 Å². The van der Waals surface area contributed by atoms with Crippen LogP contribution in [0.2, 0.25) is 0 Å². The molecule has 0 aliphatic rings. The summed E-state index contributed by atoms with van der Waals surface area (Å²) in [6, 6.07) is 15.5. The number of hydrogen-bond acceptors (Lipinski definition) is 4. The number of hydrogen-bond donors (Lipinski definition) is 1. The SMILES string of the molecule is Nc1c(-c2nnc3ccccn23)cnn1-c1ccccc1. The van der Waals surface area contributed by atoms with Gasteiger partial charge in [0.1, 0.15) is 5.82 Å². The second-order valence-corrected chi connectivity index (χ2v) is 4.64. The zero-order valence-corrected chi connectivity index (χ0v) is 11.1. The van der Waals surface area contributed by atoms with Crippen LogP contribution in [0.4, 0.5) is 5.82 Å². The summed E-state index contributed by atoms with van der Waals surface area (Å²) in [7, 11) is 0. The highest BCUT2D eigenvalue weighted by Gasteiger charge is 2.15. The Morgan fingerprint density at radius 2 is 1.71 bits per heavy atom. The molecule has 0 atom stereocenters. The van der Waals surface area contributed by atoms with E-state index in [0.29, 0.717) is 11.6 Å². The highest BCUT2D eigenvalue weighted by molar-refractivity contribution is 5.71. The zero-order valence-electron chi connectivity index (χ0n) is 11.1. The molecule has 0 bridgehead atoms. The lowest BCUT2D eigenvalue weighted by Crippen LogP contribution is -2.02. The maximum atomic E-state index is 6.24. The first-order valence-electron chi connectivity index (χ1n) is 6.53. The summed E-state index contributed by atoms with van der Waals surface area (Å²) >= 11 is 0. The van der Waals surface area contributed by atoms with Crippen LogP contribution in [-0.2, 0) is 0 Å². The fourth-order valence-electron chi connectivity index (χ4n) is 2.33. The van der Waals surface area contributed by atoms with Crippen molar-refractivity contribution in [2.45, 2.75) is 0 Å². The Bertz CT molecular complexity index is 906. The van der Waals surface area contributed by atoms with Gasteiger partial charge in [0.2, 0.25) is 0 Å². The van der Waals surface area contributed by atoms with Crippen LogP contribution >= 0.6 is 0 Å². The normalized spacial score (nSPS) is 11.0. The topological polar surface area (TPSA) is 74.0 Å². The van der Waals surface area contributed by atoms with E-state index in [1.807, 2.05) is 59.1 Å². The first-order valence-corrected chi connectivity index (χ1v) is 6.53. The van der Waals surface area contributed by atoms with E-state index in [9.17, 15) is 0 Å². The molecule has 0 unspecified atom stereocenters. The maximum Gasteiger partial charge on any atom is 0.173 e. The summed E-state index contributed by atoms with van der Waals surface area (Å²) in [5.74, 6) is 1.23. The van der Waals surface area contributed by atoms with Gasteiger partial charge in [-0.15, -0.1) is 10.2 Å². The minimum absolute atomic E-state index is 0.541. The van der Waals surface area contributed by atoms with Gasteiger partial charge in [-0.25, -0.2) is 4.68 Å². The van der Waals surface area contributed by atoms with E-state index in [1.165, 1.54) is 0 Å². The Balaban J connectivity index is 1.89. The van der Waals surface area contributed by atoms with Crippen molar-refractivity contribution in [3.63, 3.8) is 0 Å². The molecule has 3 aromatic heterocycles. The Labute approximate surface area is 120 Å². The van der Waals surface area contributed by atoms with Crippen molar-refractivity contribution in [3.05, 3.63) is 60.9 Å². The van der Waals surface area contributed by atoms with Crippen molar-refractivity contribution in [2.24, 2.45) is 0 Å². The summed E-state index contributed by atoms with van der Waals surface area (Å²) in [5, 5.41) is 12.7. The van der Waals surface area contributed by atoms with Gasteiger partial charge in [-0.1, -0.05) is 24.3 Å². The minimum Gasteiger partial charge on any atom is -0.383 e. The number of fused-ring (bicyclic) bond motifs is 1. The van der Waals surface area contributed by atoms with Gasteiger partial charge in [0.25, 0.3) is 0 Å². The van der Waals surface area contributed by atoms with Gasteiger partial charge in [-0.05, 0) is 24.3 Å². The lowest BCUT2D eigenvalue weighted by atomic mass is 10.3.